The van der Waals surface area contributed by atoms with Crippen LogP contribution in [0.1, 0.15) is 143 Å². The summed E-state index contributed by atoms with van der Waals surface area (Å²) >= 11 is 0. The smallest absolute Gasteiger partial charge is 0.332 e. The summed E-state index contributed by atoms with van der Waals surface area (Å²) in [7, 11) is -2.02. The molecule has 4 unspecified atom stereocenters. The second-order valence-electron chi connectivity index (χ2n) is 12.4. The van der Waals surface area contributed by atoms with Gasteiger partial charge in [-0.15, -0.1) is 0 Å². The van der Waals surface area contributed by atoms with E-state index in [1.54, 1.807) is 0 Å². The van der Waals surface area contributed by atoms with E-state index in [2.05, 4.69) is 32.9 Å². The molecule has 228 valence electrons. The van der Waals surface area contributed by atoms with Crippen LogP contribution in [0.5, 0.6) is 0 Å². The zero-order valence-electron chi connectivity index (χ0n) is 25.4. The summed E-state index contributed by atoms with van der Waals surface area (Å²) in [5.41, 5.74) is -1.02. The number of ether oxygens (including phenoxy) is 3. The molecular weight excluding hydrogens is 511 g/mol. The van der Waals surface area contributed by atoms with Crippen molar-refractivity contribution in [2.24, 2.45) is 5.92 Å². The quantitative estimate of drug-likeness (QED) is 0.0709. The van der Waals surface area contributed by atoms with Crippen LogP contribution in [0.3, 0.4) is 0 Å². The molecule has 0 spiro atoms. The van der Waals surface area contributed by atoms with E-state index in [0.29, 0.717) is 26.2 Å². The number of hydrogen-bond donors (Lipinski definition) is 1. The van der Waals surface area contributed by atoms with Gasteiger partial charge in [0.25, 0.3) is 0 Å². The lowest BCUT2D eigenvalue weighted by atomic mass is 9.63. The number of rotatable bonds is 24. The van der Waals surface area contributed by atoms with Gasteiger partial charge in [0, 0.05) is 19.3 Å². The molecule has 0 aliphatic carbocycles. The Kier molecular flexibility index (Phi) is 15.2. The zero-order chi connectivity index (χ0) is 27.9. The Morgan fingerprint density at radius 3 is 1.90 bits per heavy atom. The predicted molar refractivity (Wildman–Crippen MR) is 160 cm³/mol. The van der Waals surface area contributed by atoms with Crippen LogP contribution in [0, 0.1) is 5.92 Å². The predicted octanol–water partition coefficient (Wildman–Crippen LogP) is 9.15. The molecule has 3 heterocycles. The van der Waals surface area contributed by atoms with Gasteiger partial charge in [-0.3, -0.25) is 4.52 Å². The minimum Gasteiger partial charge on any atom is -0.372 e. The van der Waals surface area contributed by atoms with Crippen LogP contribution in [-0.4, -0.2) is 48.3 Å². The molecule has 0 aromatic heterocycles. The SMILES string of the molecule is CCCCCCCC/C=C\CCCCCC1(C2(C3(OP(O)OCCCCCC(C)C)CCO3)CCO2)CCO1. The Morgan fingerprint density at radius 1 is 0.769 bits per heavy atom. The van der Waals surface area contributed by atoms with E-state index in [0.717, 1.165) is 57.5 Å². The first-order valence-corrected chi connectivity index (χ1v) is 17.5. The van der Waals surface area contributed by atoms with Crippen LogP contribution in [0.4, 0.5) is 0 Å². The van der Waals surface area contributed by atoms with Gasteiger partial charge in [0.1, 0.15) is 5.60 Å². The van der Waals surface area contributed by atoms with Gasteiger partial charge in [0.15, 0.2) is 5.60 Å². The molecule has 0 aromatic carbocycles. The lowest BCUT2D eigenvalue weighted by Crippen LogP contribution is -2.80. The first-order chi connectivity index (χ1) is 19.0. The monoisotopic (exact) mass is 570 g/mol. The highest BCUT2D eigenvalue weighted by atomic mass is 31.2. The van der Waals surface area contributed by atoms with E-state index < -0.39 is 20.0 Å². The van der Waals surface area contributed by atoms with Crippen LogP contribution in [0.2, 0.25) is 0 Å². The molecule has 7 heteroatoms. The van der Waals surface area contributed by atoms with E-state index in [1.807, 2.05) is 0 Å². The Balaban J connectivity index is 1.37. The summed E-state index contributed by atoms with van der Waals surface area (Å²) in [6, 6.07) is 0. The minimum atomic E-state index is -2.02. The van der Waals surface area contributed by atoms with Crippen LogP contribution < -0.4 is 0 Å². The number of allylic oxidation sites excluding steroid dienone is 2. The van der Waals surface area contributed by atoms with Gasteiger partial charge in [-0.2, -0.15) is 0 Å². The fourth-order valence-corrected chi connectivity index (χ4v) is 7.27. The van der Waals surface area contributed by atoms with Gasteiger partial charge in [0.2, 0.25) is 5.79 Å². The molecule has 0 radical (unpaired) electrons. The third-order valence-corrected chi connectivity index (χ3v) is 9.85. The first-order valence-electron chi connectivity index (χ1n) is 16.4. The van der Waals surface area contributed by atoms with E-state index >= 15 is 0 Å². The lowest BCUT2D eigenvalue weighted by Gasteiger charge is -2.67. The van der Waals surface area contributed by atoms with Crippen molar-refractivity contribution in [2.75, 3.05) is 26.4 Å². The van der Waals surface area contributed by atoms with Crippen molar-refractivity contribution >= 4 is 8.60 Å². The standard InChI is InChI=1S/C32H59O6P/c1-4-5-6-7-8-9-10-11-12-13-14-15-18-21-30(22-26-34-30)31(23-27-35-31)32(24-28-36-32)38-39(33)37-25-19-16-17-20-29(2)3/h11-12,29,33H,4-10,13-28H2,1-3H3/b12-11-. The molecule has 6 nitrogen and oxygen atoms in total. The maximum absolute atomic E-state index is 10.7. The van der Waals surface area contributed by atoms with Crippen molar-refractivity contribution in [2.45, 2.75) is 160 Å². The molecule has 0 saturated carbocycles. The molecular formula is C32H59O6P. The largest absolute Gasteiger partial charge is 0.372 e. The van der Waals surface area contributed by atoms with Gasteiger partial charge in [0.05, 0.1) is 26.4 Å². The van der Waals surface area contributed by atoms with Crippen molar-refractivity contribution in [3.8, 4) is 0 Å². The van der Waals surface area contributed by atoms with Crippen molar-refractivity contribution in [3.63, 3.8) is 0 Å². The van der Waals surface area contributed by atoms with Gasteiger partial charge in [-0.1, -0.05) is 97.1 Å². The highest BCUT2D eigenvalue weighted by Gasteiger charge is 2.74. The molecule has 3 fully saturated rings. The van der Waals surface area contributed by atoms with Gasteiger partial charge in [-0.05, 0) is 44.4 Å². The third kappa shape index (κ3) is 9.46. The Morgan fingerprint density at radius 2 is 1.36 bits per heavy atom. The zero-order valence-corrected chi connectivity index (χ0v) is 26.3. The Labute approximate surface area is 240 Å². The molecule has 1 N–H and O–H groups in total. The second-order valence-corrected chi connectivity index (χ2v) is 13.3. The number of hydrogen-bond acceptors (Lipinski definition) is 6. The Bertz CT molecular complexity index is 672. The molecule has 3 rings (SSSR count). The fourth-order valence-electron chi connectivity index (χ4n) is 6.39. The summed E-state index contributed by atoms with van der Waals surface area (Å²) in [5, 5.41) is 0. The van der Waals surface area contributed by atoms with E-state index in [4.69, 9.17) is 23.3 Å². The van der Waals surface area contributed by atoms with Crippen molar-refractivity contribution in [1.82, 2.24) is 0 Å². The summed E-state index contributed by atoms with van der Waals surface area (Å²) in [6.45, 7) is 9.34. The summed E-state index contributed by atoms with van der Waals surface area (Å²) in [4.78, 5) is 10.7. The Hall–Kier alpha value is -0.0700. The average molecular weight is 571 g/mol. The van der Waals surface area contributed by atoms with E-state index in [1.165, 1.54) is 70.6 Å². The van der Waals surface area contributed by atoms with Gasteiger partial charge >= 0.3 is 8.60 Å². The molecule has 3 aliphatic heterocycles. The summed E-state index contributed by atoms with van der Waals surface area (Å²) in [6.07, 6.45) is 26.7. The highest BCUT2D eigenvalue weighted by Crippen LogP contribution is 2.62. The van der Waals surface area contributed by atoms with Crippen LogP contribution in [0.25, 0.3) is 0 Å². The molecule has 0 bridgehead atoms. The number of unbranched alkanes of at least 4 members (excludes halogenated alkanes) is 11. The van der Waals surface area contributed by atoms with Crippen LogP contribution >= 0.6 is 8.60 Å². The maximum atomic E-state index is 10.7. The van der Waals surface area contributed by atoms with Crippen molar-refractivity contribution < 1.29 is 28.2 Å². The topological polar surface area (TPSA) is 66.4 Å². The average Bonchev–Trinajstić information content (AvgIpc) is 2.84. The second kappa shape index (κ2) is 17.8. The van der Waals surface area contributed by atoms with Crippen LogP contribution in [-0.2, 0) is 23.3 Å². The minimum absolute atomic E-state index is 0.383. The summed E-state index contributed by atoms with van der Waals surface area (Å²) < 4.78 is 30.7. The molecule has 0 amide bonds. The highest BCUT2D eigenvalue weighted by molar-refractivity contribution is 7.40. The van der Waals surface area contributed by atoms with E-state index in [9.17, 15) is 4.89 Å². The maximum Gasteiger partial charge on any atom is 0.332 e. The van der Waals surface area contributed by atoms with Crippen molar-refractivity contribution in [1.29, 1.82) is 0 Å². The fraction of sp³-hybridized carbons (Fsp3) is 0.938. The molecule has 0 aromatic rings. The third-order valence-electron chi connectivity index (χ3n) is 9.00. The normalized spacial score (nSPS) is 29.4. The van der Waals surface area contributed by atoms with Gasteiger partial charge < -0.3 is 23.6 Å². The van der Waals surface area contributed by atoms with E-state index in [-0.39, 0.29) is 5.60 Å². The molecule has 4 atom stereocenters. The van der Waals surface area contributed by atoms with Crippen molar-refractivity contribution in [3.05, 3.63) is 12.2 Å². The molecule has 3 aliphatic rings. The van der Waals surface area contributed by atoms with Crippen LogP contribution in [0.15, 0.2) is 12.2 Å². The molecule has 39 heavy (non-hydrogen) atoms. The first kappa shape index (κ1) is 33.4. The van der Waals surface area contributed by atoms with Gasteiger partial charge in [-0.25, -0.2) is 0 Å². The summed E-state index contributed by atoms with van der Waals surface area (Å²) in [5.74, 6) is -0.223. The lowest BCUT2D eigenvalue weighted by molar-refractivity contribution is -0.445. The molecule has 3 saturated heterocycles.